The second-order valence-electron chi connectivity index (χ2n) is 7.13. The molecule has 4 rings (SSSR count). The Balaban J connectivity index is 1.85. The highest BCUT2D eigenvalue weighted by atomic mass is 32.1. The van der Waals surface area contributed by atoms with Gasteiger partial charge in [0.25, 0.3) is 11.6 Å². The third kappa shape index (κ3) is 3.83. The lowest BCUT2D eigenvalue weighted by Crippen LogP contribution is -2.31. The lowest BCUT2D eigenvalue weighted by atomic mass is 9.95. The highest BCUT2D eigenvalue weighted by molar-refractivity contribution is 7.17. The van der Waals surface area contributed by atoms with E-state index < -0.39 is 34.4 Å². The van der Waals surface area contributed by atoms with Gasteiger partial charge in [-0.15, -0.1) is 0 Å². The van der Waals surface area contributed by atoms with Crippen LogP contribution in [0.15, 0.2) is 58.4 Å². The molecule has 174 valence electrons. The maximum atomic E-state index is 13.2. The van der Waals surface area contributed by atoms with E-state index >= 15 is 0 Å². The number of carbonyl (C=O) groups is 3. The second kappa shape index (κ2) is 8.90. The van der Waals surface area contributed by atoms with E-state index in [1.807, 2.05) is 0 Å². The number of aliphatic hydroxyl groups excluding tert-OH is 1. The van der Waals surface area contributed by atoms with Crippen LogP contribution in [0.5, 0.6) is 0 Å². The van der Waals surface area contributed by atoms with Gasteiger partial charge in [-0.3, -0.25) is 24.6 Å². The van der Waals surface area contributed by atoms with Gasteiger partial charge < -0.3 is 14.3 Å². The Morgan fingerprint density at radius 2 is 2.00 bits per heavy atom. The number of esters is 1. The summed E-state index contributed by atoms with van der Waals surface area (Å²) in [6.45, 7) is 3.36. The summed E-state index contributed by atoms with van der Waals surface area (Å²) in [5.74, 6) is -3.18. The standard InChI is InChI=1S/C22H17N3O8S/c1-3-32-21(29)19-11(2)23-22(34-19)24-16(12-6-8-13(9-7-12)25(30)31)15(18(27)20(24)28)17(26)14-5-4-10-33-14/h4-10,16,27H,3H2,1-2H3/t16-/m1/s1. The Morgan fingerprint density at radius 3 is 2.59 bits per heavy atom. The number of furan rings is 1. The predicted octanol–water partition coefficient (Wildman–Crippen LogP) is 3.91. The Labute approximate surface area is 196 Å². The summed E-state index contributed by atoms with van der Waals surface area (Å²) in [5.41, 5.74) is 0.142. The van der Waals surface area contributed by atoms with Crippen LogP contribution >= 0.6 is 11.3 Å². The average molecular weight is 483 g/mol. The largest absolute Gasteiger partial charge is 0.503 e. The number of Topliss-reactive ketones (excluding diaryl/α,β-unsaturated/α-hetero) is 1. The molecule has 0 unspecified atom stereocenters. The van der Waals surface area contributed by atoms with Crippen LogP contribution in [0.4, 0.5) is 10.8 Å². The molecule has 1 amide bonds. The molecule has 0 bridgehead atoms. The van der Waals surface area contributed by atoms with Crippen LogP contribution in [-0.4, -0.2) is 39.3 Å². The minimum atomic E-state index is -1.17. The summed E-state index contributed by atoms with van der Waals surface area (Å²) >= 11 is 0.867. The molecule has 12 heteroatoms. The fourth-order valence-corrected chi connectivity index (χ4v) is 4.53. The number of nitrogens with zero attached hydrogens (tertiary/aromatic N) is 3. The molecule has 0 aliphatic carbocycles. The zero-order chi connectivity index (χ0) is 24.6. The van der Waals surface area contributed by atoms with Crippen molar-refractivity contribution in [2.75, 3.05) is 11.5 Å². The minimum Gasteiger partial charge on any atom is -0.503 e. The highest BCUT2D eigenvalue weighted by Crippen LogP contribution is 2.44. The number of hydrogen-bond acceptors (Lipinski definition) is 10. The highest BCUT2D eigenvalue weighted by Gasteiger charge is 2.46. The third-order valence-corrected chi connectivity index (χ3v) is 6.21. The van der Waals surface area contributed by atoms with E-state index in [0.29, 0.717) is 11.3 Å². The monoisotopic (exact) mass is 483 g/mol. The maximum Gasteiger partial charge on any atom is 0.350 e. The van der Waals surface area contributed by atoms with Crippen LogP contribution in [0.3, 0.4) is 0 Å². The third-order valence-electron chi connectivity index (χ3n) is 5.07. The number of benzene rings is 1. The smallest absolute Gasteiger partial charge is 0.350 e. The van der Waals surface area contributed by atoms with Gasteiger partial charge in [-0.2, -0.15) is 0 Å². The number of non-ortho nitro benzene ring substituents is 1. The fourth-order valence-electron chi connectivity index (χ4n) is 3.54. The van der Waals surface area contributed by atoms with Crippen molar-refractivity contribution in [1.82, 2.24) is 4.98 Å². The number of nitro benzene ring substituents is 1. The van der Waals surface area contributed by atoms with Gasteiger partial charge in [-0.05, 0) is 43.7 Å². The van der Waals surface area contributed by atoms with Crippen LogP contribution in [0.2, 0.25) is 0 Å². The van der Waals surface area contributed by atoms with Gasteiger partial charge in [0.05, 0.1) is 35.1 Å². The summed E-state index contributed by atoms with van der Waals surface area (Å²) in [6.07, 6.45) is 1.27. The van der Waals surface area contributed by atoms with Crippen LogP contribution in [0.1, 0.15) is 44.4 Å². The number of aryl methyl sites for hydroxylation is 1. The molecule has 34 heavy (non-hydrogen) atoms. The second-order valence-corrected chi connectivity index (χ2v) is 8.10. The summed E-state index contributed by atoms with van der Waals surface area (Å²) < 4.78 is 10.2. The minimum absolute atomic E-state index is 0.0442. The van der Waals surface area contributed by atoms with Gasteiger partial charge in [0.15, 0.2) is 16.7 Å². The Bertz CT molecular complexity index is 1320. The average Bonchev–Trinajstić information content (AvgIpc) is 3.53. The molecule has 1 N–H and O–H groups in total. The normalized spacial score (nSPS) is 15.6. The molecule has 11 nitrogen and oxygen atoms in total. The predicted molar refractivity (Wildman–Crippen MR) is 119 cm³/mol. The SMILES string of the molecule is CCOC(=O)c1sc(N2C(=O)C(O)=C(C(=O)c3ccco3)[C@H]2c2ccc([N+](=O)[O-])cc2)nc1C. The molecule has 1 atom stereocenters. The van der Waals surface area contributed by atoms with E-state index in [0.717, 1.165) is 16.2 Å². The van der Waals surface area contributed by atoms with Gasteiger partial charge in [-0.1, -0.05) is 11.3 Å². The molecule has 0 fully saturated rings. The quantitative estimate of drug-likeness (QED) is 0.228. The van der Waals surface area contributed by atoms with Crippen molar-refractivity contribution in [3.05, 3.63) is 86.0 Å². The first-order chi connectivity index (χ1) is 16.2. The zero-order valence-corrected chi connectivity index (χ0v) is 18.7. The first kappa shape index (κ1) is 22.9. The van der Waals surface area contributed by atoms with E-state index in [1.165, 1.54) is 42.7 Å². The van der Waals surface area contributed by atoms with Crippen molar-refractivity contribution < 1.29 is 33.6 Å². The number of rotatable bonds is 7. The molecule has 2 aromatic heterocycles. The van der Waals surface area contributed by atoms with Crippen molar-refractivity contribution in [3.63, 3.8) is 0 Å². The number of carbonyl (C=O) groups excluding carboxylic acids is 3. The number of amides is 1. The van der Waals surface area contributed by atoms with Gasteiger partial charge in [0, 0.05) is 12.1 Å². The van der Waals surface area contributed by atoms with E-state index in [-0.39, 0.29) is 33.6 Å². The van der Waals surface area contributed by atoms with Gasteiger partial charge >= 0.3 is 5.97 Å². The van der Waals surface area contributed by atoms with Crippen LogP contribution < -0.4 is 4.90 Å². The summed E-state index contributed by atoms with van der Waals surface area (Å²) in [5, 5.41) is 21.8. The summed E-state index contributed by atoms with van der Waals surface area (Å²) in [4.78, 5) is 54.6. The van der Waals surface area contributed by atoms with Crippen molar-refractivity contribution >= 4 is 39.8 Å². The molecule has 0 saturated carbocycles. The molecular formula is C22H17N3O8S. The molecule has 3 aromatic rings. The Hall–Kier alpha value is -4.32. The molecule has 1 aliphatic heterocycles. The number of thiazole rings is 1. The van der Waals surface area contributed by atoms with Gasteiger partial charge in [-0.25, -0.2) is 9.78 Å². The van der Waals surface area contributed by atoms with E-state index in [1.54, 1.807) is 13.8 Å². The summed E-state index contributed by atoms with van der Waals surface area (Å²) in [6, 6.07) is 6.89. The van der Waals surface area contributed by atoms with Crippen molar-refractivity contribution in [1.29, 1.82) is 0 Å². The Morgan fingerprint density at radius 1 is 1.29 bits per heavy atom. The molecule has 0 saturated heterocycles. The number of nitro groups is 1. The number of anilines is 1. The van der Waals surface area contributed by atoms with Crippen LogP contribution in [0, 0.1) is 17.0 Å². The Kier molecular flexibility index (Phi) is 5.99. The molecule has 3 heterocycles. The van der Waals surface area contributed by atoms with Crippen LogP contribution in [0.25, 0.3) is 0 Å². The number of ether oxygens (including phenoxy) is 1. The van der Waals surface area contributed by atoms with Crippen LogP contribution in [-0.2, 0) is 9.53 Å². The topological polar surface area (TPSA) is 153 Å². The molecule has 0 spiro atoms. The molecule has 1 aliphatic rings. The first-order valence-corrected chi connectivity index (χ1v) is 10.8. The maximum absolute atomic E-state index is 13.2. The molecule has 1 aromatic carbocycles. The van der Waals surface area contributed by atoms with Crippen molar-refractivity contribution in [3.8, 4) is 0 Å². The number of aliphatic hydroxyl groups is 1. The number of ketones is 1. The lowest BCUT2D eigenvalue weighted by molar-refractivity contribution is -0.384. The first-order valence-electron chi connectivity index (χ1n) is 9.98. The van der Waals surface area contributed by atoms with Gasteiger partial charge in [0.1, 0.15) is 4.88 Å². The van der Waals surface area contributed by atoms with Crippen molar-refractivity contribution in [2.24, 2.45) is 0 Å². The molecular weight excluding hydrogens is 466 g/mol. The van der Waals surface area contributed by atoms with E-state index in [4.69, 9.17) is 9.15 Å². The summed E-state index contributed by atoms with van der Waals surface area (Å²) in [7, 11) is 0. The number of aromatic nitrogens is 1. The number of hydrogen-bond donors (Lipinski definition) is 1. The zero-order valence-electron chi connectivity index (χ0n) is 17.9. The van der Waals surface area contributed by atoms with Crippen molar-refractivity contribution in [2.45, 2.75) is 19.9 Å². The molecule has 0 radical (unpaired) electrons. The van der Waals surface area contributed by atoms with E-state index in [2.05, 4.69) is 4.98 Å². The lowest BCUT2D eigenvalue weighted by Gasteiger charge is -2.24. The fraction of sp³-hybridized carbons (Fsp3) is 0.182. The van der Waals surface area contributed by atoms with E-state index in [9.17, 15) is 29.6 Å². The van der Waals surface area contributed by atoms with Gasteiger partial charge in [0.2, 0.25) is 5.78 Å².